The van der Waals surface area contributed by atoms with Gasteiger partial charge >= 0.3 is 0 Å². The topological polar surface area (TPSA) is 58.6 Å². The Morgan fingerprint density at radius 2 is 2.42 bits per heavy atom. The van der Waals surface area contributed by atoms with Gasteiger partial charge in [0, 0.05) is 17.6 Å². The number of carbonyl (C=O) groups excluding carboxylic acids is 2. The van der Waals surface area contributed by atoms with Gasteiger partial charge in [0.05, 0.1) is 12.1 Å². The molecule has 2 aliphatic heterocycles. The van der Waals surface area contributed by atoms with Crippen molar-refractivity contribution in [1.82, 2.24) is 10.2 Å². The molecular weight excluding hydrogens is 332 g/mol. The van der Waals surface area contributed by atoms with E-state index in [1.54, 1.807) is 4.90 Å². The molecule has 1 aromatic rings. The molecule has 0 aliphatic carbocycles. The van der Waals surface area contributed by atoms with Crippen molar-refractivity contribution in [2.45, 2.75) is 18.6 Å². The number of ether oxygens (including phenoxy) is 1. The number of nitrogens with zero attached hydrogens (tertiary/aromatic N) is 1. The van der Waals surface area contributed by atoms with Crippen LogP contribution in [0.15, 0.2) is 15.9 Å². The number of rotatable bonds is 1. The third-order valence-electron chi connectivity index (χ3n) is 3.42. The van der Waals surface area contributed by atoms with E-state index in [1.165, 1.54) is 11.3 Å². The van der Waals surface area contributed by atoms with E-state index >= 15 is 0 Å². The van der Waals surface area contributed by atoms with Crippen LogP contribution in [0.3, 0.4) is 0 Å². The van der Waals surface area contributed by atoms with Gasteiger partial charge in [0.2, 0.25) is 5.91 Å². The molecule has 19 heavy (non-hydrogen) atoms. The smallest absolute Gasteiger partial charge is 0.265 e. The normalized spacial score (nSPS) is 26.8. The number of halogens is 1. The standard InChI is InChI=1S/C12H13BrN2O3S/c13-7-2-4-19-11(7)12(17)15-3-1-9-8(5-15)14-10(16)6-18-9/h2,4,8-9H,1,3,5-6H2,(H,14,16)/t8-,9-/m1/s1. The van der Waals surface area contributed by atoms with Gasteiger partial charge in [-0.25, -0.2) is 0 Å². The van der Waals surface area contributed by atoms with Gasteiger partial charge in [0.15, 0.2) is 0 Å². The van der Waals surface area contributed by atoms with Crippen molar-refractivity contribution in [3.05, 3.63) is 20.8 Å². The SMILES string of the molecule is O=C1CO[C@@H]2CCN(C(=O)c3sccc3Br)C[C@H]2N1. The highest BCUT2D eigenvalue weighted by molar-refractivity contribution is 9.10. The number of likely N-dealkylation sites (tertiary alicyclic amines) is 1. The van der Waals surface area contributed by atoms with Gasteiger partial charge in [-0.1, -0.05) is 0 Å². The van der Waals surface area contributed by atoms with Crippen molar-refractivity contribution in [1.29, 1.82) is 0 Å². The number of carbonyl (C=O) groups is 2. The van der Waals surface area contributed by atoms with E-state index in [2.05, 4.69) is 21.2 Å². The first-order valence-corrected chi connectivity index (χ1v) is 7.75. The van der Waals surface area contributed by atoms with Crippen LogP contribution in [-0.2, 0) is 9.53 Å². The third kappa shape index (κ3) is 2.54. The monoisotopic (exact) mass is 344 g/mol. The van der Waals surface area contributed by atoms with E-state index in [0.717, 1.165) is 10.9 Å². The molecule has 2 saturated heterocycles. The fourth-order valence-corrected chi connectivity index (χ4v) is 3.98. The van der Waals surface area contributed by atoms with Crippen molar-refractivity contribution in [3.63, 3.8) is 0 Å². The molecule has 2 amide bonds. The van der Waals surface area contributed by atoms with E-state index < -0.39 is 0 Å². The third-order valence-corrected chi connectivity index (χ3v) is 5.25. The molecule has 5 nitrogen and oxygen atoms in total. The van der Waals surface area contributed by atoms with Crippen molar-refractivity contribution >= 4 is 39.1 Å². The van der Waals surface area contributed by atoms with Gasteiger partial charge in [-0.3, -0.25) is 9.59 Å². The number of piperidine rings is 1. The minimum Gasteiger partial charge on any atom is -0.366 e. The Kier molecular flexibility index (Phi) is 3.60. The van der Waals surface area contributed by atoms with E-state index in [-0.39, 0.29) is 30.6 Å². The van der Waals surface area contributed by atoms with Crippen LogP contribution in [0, 0.1) is 0 Å². The molecule has 2 fully saturated rings. The lowest BCUT2D eigenvalue weighted by atomic mass is 10.0. The average molecular weight is 345 g/mol. The summed E-state index contributed by atoms with van der Waals surface area (Å²) in [6, 6.07) is 1.79. The number of nitrogens with one attached hydrogen (secondary N) is 1. The van der Waals surface area contributed by atoms with Crippen LogP contribution in [0.25, 0.3) is 0 Å². The summed E-state index contributed by atoms with van der Waals surface area (Å²) in [4.78, 5) is 26.2. The number of thiophene rings is 1. The highest BCUT2D eigenvalue weighted by Crippen LogP contribution is 2.26. The maximum absolute atomic E-state index is 12.4. The lowest BCUT2D eigenvalue weighted by Gasteiger charge is -2.40. The molecule has 102 valence electrons. The van der Waals surface area contributed by atoms with E-state index in [1.807, 2.05) is 11.4 Å². The summed E-state index contributed by atoms with van der Waals surface area (Å²) in [5.74, 6) is -0.0898. The van der Waals surface area contributed by atoms with Crippen molar-refractivity contribution in [2.24, 2.45) is 0 Å². The molecule has 2 atom stereocenters. The Hall–Kier alpha value is -0.920. The van der Waals surface area contributed by atoms with Crippen molar-refractivity contribution < 1.29 is 14.3 Å². The number of amides is 2. The molecule has 0 saturated carbocycles. The van der Waals surface area contributed by atoms with Gasteiger partial charge in [0.25, 0.3) is 5.91 Å². The number of morpholine rings is 1. The van der Waals surface area contributed by atoms with Crippen LogP contribution in [-0.4, -0.2) is 48.6 Å². The highest BCUT2D eigenvalue weighted by Gasteiger charge is 2.36. The predicted octanol–water partition coefficient (Wildman–Crippen LogP) is 1.24. The summed E-state index contributed by atoms with van der Waals surface area (Å²) in [5.41, 5.74) is 0. The van der Waals surface area contributed by atoms with Crippen LogP contribution in [0.2, 0.25) is 0 Å². The molecule has 0 unspecified atom stereocenters. The molecular formula is C12H13BrN2O3S. The lowest BCUT2D eigenvalue weighted by molar-refractivity contribution is -0.139. The second-order valence-electron chi connectivity index (χ2n) is 4.66. The molecule has 0 radical (unpaired) electrons. The molecule has 2 aliphatic rings. The van der Waals surface area contributed by atoms with Crippen LogP contribution in [0.4, 0.5) is 0 Å². The van der Waals surface area contributed by atoms with Crippen molar-refractivity contribution in [2.75, 3.05) is 19.7 Å². The fraction of sp³-hybridized carbons (Fsp3) is 0.500. The molecule has 0 spiro atoms. The zero-order chi connectivity index (χ0) is 13.4. The van der Waals surface area contributed by atoms with Gasteiger partial charge in [0.1, 0.15) is 11.5 Å². The van der Waals surface area contributed by atoms with Crippen LogP contribution < -0.4 is 5.32 Å². The van der Waals surface area contributed by atoms with Gasteiger partial charge in [-0.2, -0.15) is 0 Å². The fourth-order valence-electron chi connectivity index (χ4n) is 2.47. The first-order chi connectivity index (χ1) is 9.15. The second-order valence-corrected chi connectivity index (χ2v) is 6.43. The van der Waals surface area contributed by atoms with Gasteiger partial charge in [-0.15, -0.1) is 11.3 Å². The number of hydrogen-bond acceptors (Lipinski definition) is 4. The summed E-state index contributed by atoms with van der Waals surface area (Å²) < 4.78 is 6.31. The zero-order valence-corrected chi connectivity index (χ0v) is 12.5. The van der Waals surface area contributed by atoms with Gasteiger partial charge in [-0.05, 0) is 33.8 Å². The minimum absolute atomic E-state index is 0.0140. The van der Waals surface area contributed by atoms with E-state index in [0.29, 0.717) is 18.0 Å². The molecule has 7 heteroatoms. The maximum Gasteiger partial charge on any atom is 0.265 e. The zero-order valence-electron chi connectivity index (χ0n) is 10.1. The molecule has 0 bridgehead atoms. The second kappa shape index (κ2) is 5.22. The summed E-state index contributed by atoms with van der Waals surface area (Å²) in [6.45, 7) is 1.31. The first kappa shape index (κ1) is 13.1. The van der Waals surface area contributed by atoms with Crippen LogP contribution in [0.1, 0.15) is 16.1 Å². The quantitative estimate of drug-likeness (QED) is 0.833. The van der Waals surface area contributed by atoms with E-state index in [9.17, 15) is 9.59 Å². The Labute approximate surface area is 123 Å². The molecule has 3 heterocycles. The number of fused-ring (bicyclic) bond motifs is 1. The molecule has 0 aromatic carbocycles. The molecule has 1 aromatic heterocycles. The Bertz CT molecular complexity index is 519. The van der Waals surface area contributed by atoms with Gasteiger partial charge < -0.3 is 15.0 Å². The average Bonchev–Trinajstić information content (AvgIpc) is 2.83. The molecule has 1 N–H and O–H groups in total. The summed E-state index contributed by atoms with van der Waals surface area (Å²) in [7, 11) is 0. The first-order valence-electron chi connectivity index (χ1n) is 6.08. The summed E-state index contributed by atoms with van der Waals surface area (Å²) >= 11 is 4.80. The van der Waals surface area contributed by atoms with E-state index in [4.69, 9.17) is 4.74 Å². The van der Waals surface area contributed by atoms with Crippen LogP contribution in [0.5, 0.6) is 0 Å². The minimum atomic E-state index is -0.104. The highest BCUT2D eigenvalue weighted by atomic mass is 79.9. The van der Waals surface area contributed by atoms with Crippen molar-refractivity contribution in [3.8, 4) is 0 Å². The summed E-state index contributed by atoms with van der Waals surface area (Å²) in [6.07, 6.45) is 0.799. The Morgan fingerprint density at radius 3 is 3.16 bits per heavy atom. The number of hydrogen-bond donors (Lipinski definition) is 1. The Morgan fingerprint density at radius 1 is 1.58 bits per heavy atom. The Balaban J connectivity index is 1.72. The molecule has 3 rings (SSSR count). The summed E-state index contributed by atoms with van der Waals surface area (Å²) in [5, 5.41) is 4.78. The maximum atomic E-state index is 12.4. The van der Waals surface area contributed by atoms with Crippen LogP contribution >= 0.6 is 27.3 Å². The predicted molar refractivity (Wildman–Crippen MR) is 74.2 cm³/mol. The lowest BCUT2D eigenvalue weighted by Crippen LogP contribution is -2.61. The largest absolute Gasteiger partial charge is 0.366 e.